The molecule has 5 atom stereocenters. The number of phosphoric ester groups is 2. The first kappa shape index (κ1) is 95.1. The molecule has 0 fully saturated rings. The first-order valence-corrected chi connectivity index (χ1v) is 43.5. The Bertz CT molecular complexity index is 1870. The third kappa shape index (κ3) is 72.2. The molecular formula is C78H152O17P2. The van der Waals surface area contributed by atoms with Gasteiger partial charge in [-0.05, 0) is 37.5 Å². The minimum atomic E-state index is -4.96. The molecule has 0 aromatic carbocycles. The normalized spacial score (nSPS) is 14.0. The Kier molecular flexibility index (Phi) is 68.4. The van der Waals surface area contributed by atoms with Gasteiger partial charge in [0.15, 0.2) is 12.2 Å². The van der Waals surface area contributed by atoms with E-state index in [1.165, 1.54) is 218 Å². The third-order valence-corrected chi connectivity index (χ3v) is 20.1. The number of phosphoric acid groups is 2. The number of rotatable bonds is 77. The van der Waals surface area contributed by atoms with Crippen molar-refractivity contribution >= 4 is 39.5 Å². The van der Waals surface area contributed by atoms with Gasteiger partial charge < -0.3 is 33.8 Å². The second-order valence-electron chi connectivity index (χ2n) is 29.1. The number of carbonyl (C=O) groups is 4. The highest BCUT2D eigenvalue weighted by atomic mass is 31.2. The standard InChI is InChI=1S/C78H152O17P2/c1-7-9-11-13-15-17-18-19-20-23-26-32-37-43-49-55-61-76(81)89-67-74(95-77(82)62-56-50-44-38-33-27-24-21-22-25-30-35-40-46-52-58-70(3)4)69-93-97(86,87)91-65-72(79)64-90-96(84,85)92-68-73(66-88-75(80)60-54-48-42-16-14-12-10-8-2)94-78(83)63-57-51-45-39-34-29-28-31-36-41-47-53-59-71(5)6/h70-74,79H,7-69H2,1-6H3,(H,84,85)(H,86,87)/t72-,73+,74+/m0/s1. The van der Waals surface area contributed by atoms with Crippen LogP contribution in [0.3, 0.4) is 0 Å². The second-order valence-corrected chi connectivity index (χ2v) is 32.0. The summed E-state index contributed by atoms with van der Waals surface area (Å²) in [6, 6.07) is 0. The lowest BCUT2D eigenvalue weighted by Crippen LogP contribution is -2.30. The van der Waals surface area contributed by atoms with Crippen molar-refractivity contribution in [1.29, 1.82) is 0 Å². The van der Waals surface area contributed by atoms with Crippen molar-refractivity contribution in [3.05, 3.63) is 0 Å². The fourth-order valence-electron chi connectivity index (χ4n) is 12.0. The average Bonchev–Trinajstić information content (AvgIpc) is 1.83. The lowest BCUT2D eigenvalue weighted by atomic mass is 10.0. The Balaban J connectivity index is 5.21. The van der Waals surface area contributed by atoms with Crippen LogP contribution in [-0.2, 0) is 65.4 Å². The highest BCUT2D eigenvalue weighted by Gasteiger charge is 2.30. The van der Waals surface area contributed by atoms with Crippen molar-refractivity contribution in [3.8, 4) is 0 Å². The quantitative estimate of drug-likeness (QED) is 0.0222. The van der Waals surface area contributed by atoms with E-state index in [0.717, 1.165) is 108 Å². The van der Waals surface area contributed by atoms with Crippen LogP contribution in [-0.4, -0.2) is 96.7 Å². The van der Waals surface area contributed by atoms with Gasteiger partial charge in [0, 0.05) is 25.7 Å². The Hall–Kier alpha value is -1.94. The molecule has 97 heavy (non-hydrogen) atoms. The summed E-state index contributed by atoms with van der Waals surface area (Å²) in [6.07, 6.45) is 58.3. The first-order chi connectivity index (χ1) is 46.9. The summed E-state index contributed by atoms with van der Waals surface area (Å²) in [5.41, 5.74) is 0. The molecule has 17 nitrogen and oxygen atoms in total. The molecule has 0 amide bonds. The number of unbranched alkanes of at least 4 members (excludes halogenated alkanes) is 47. The Morgan fingerprint density at radius 1 is 0.278 bits per heavy atom. The van der Waals surface area contributed by atoms with Crippen LogP contribution in [0.4, 0.5) is 0 Å². The minimum absolute atomic E-state index is 0.107. The molecule has 576 valence electrons. The molecule has 0 aliphatic rings. The zero-order valence-electron chi connectivity index (χ0n) is 63.4. The van der Waals surface area contributed by atoms with Gasteiger partial charge in [-0.1, -0.05) is 356 Å². The highest BCUT2D eigenvalue weighted by Crippen LogP contribution is 2.45. The minimum Gasteiger partial charge on any atom is -0.462 e. The summed E-state index contributed by atoms with van der Waals surface area (Å²) in [5, 5.41) is 10.6. The molecule has 0 aliphatic heterocycles. The molecule has 0 radical (unpaired) electrons. The molecule has 0 aromatic rings. The van der Waals surface area contributed by atoms with Crippen molar-refractivity contribution in [2.45, 2.75) is 426 Å². The van der Waals surface area contributed by atoms with Crippen molar-refractivity contribution in [2.24, 2.45) is 11.8 Å². The van der Waals surface area contributed by atoms with E-state index in [9.17, 15) is 43.2 Å². The second kappa shape index (κ2) is 69.8. The average molecular weight is 1420 g/mol. The van der Waals surface area contributed by atoms with Gasteiger partial charge in [-0.2, -0.15) is 0 Å². The molecule has 0 aromatic heterocycles. The van der Waals surface area contributed by atoms with Crippen LogP contribution in [0, 0.1) is 11.8 Å². The zero-order chi connectivity index (χ0) is 71.4. The van der Waals surface area contributed by atoms with Crippen molar-refractivity contribution in [1.82, 2.24) is 0 Å². The van der Waals surface area contributed by atoms with Gasteiger partial charge in [0.25, 0.3) is 0 Å². The SMILES string of the molecule is CCCCCCCCCCCCCCCCCCC(=O)OC[C@H](COP(=O)(O)OC[C@@H](O)COP(=O)(O)OC[C@@H](COC(=O)CCCCCCCCCC)OC(=O)CCCCCCCCCCCCCCC(C)C)OC(=O)CCCCCCCCCCCCCCCCCC(C)C. The van der Waals surface area contributed by atoms with E-state index in [0.29, 0.717) is 25.7 Å². The number of esters is 4. The van der Waals surface area contributed by atoms with E-state index in [2.05, 4.69) is 41.5 Å². The maximum Gasteiger partial charge on any atom is 0.472 e. The predicted molar refractivity (Wildman–Crippen MR) is 395 cm³/mol. The molecule has 0 bridgehead atoms. The molecule has 2 unspecified atom stereocenters. The van der Waals surface area contributed by atoms with Gasteiger partial charge in [-0.3, -0.25) is 37.3 Å². The molecule has 0 heterocycles. The lowest BCUT2D eigenvalue weighted by molar-refractivity contribution is -0.161. The monoisotopic (exact) mass is 1420 g/mol. The van der Waals surface area contributed by atoms with E-state index in [1.807, 2.05) is 0 Å². The van der Waals surface area contributed by atoms with Crippen LogP contribution in [0.1, 0.15) is 408 Å². The van der Waals surface area contributed by atoms with Crippen molar-refractivity contribution in [3.63, 3.8) is 0 Å². The first-order valence-electron chi connectivity index (χ1n) is 40.5. The van der Waals surface area contributed by atoms with Gasteiger partial charge in [0.2, 0.25) is 0 Å². The van der Waals surface area contributed by atoms with E-state index >= 15 is 0 Å². The smallest absolute Gasteiger partial charge is 0.462 e. The molecular weight excluding hydrogens is 1270 g/mol. The van der Waals surface area contributed by atoms with Crippen LogP contribution in [0.25, 0.3) is 0 Å². The van der Waals surface area contributed by atoms with E-state index in [-0.39, 0.29) is 25.7 Å². The number of ether oxygens (including phenoxy) is 4. The summed E-state index contributed by atoms with van der Waals surface area (Å²) < 4.78 is 68.6. The lowest BCUT2D eigenvalue weighted by Gasteiger charge is -2.21. The fraction of sp³-hybridized carbons (Fsp3) is 0.949. The number of hydrogen-bond acceptors (Lipinski definition) is 15. The maximum atomic E-state index is 13.1. The van der Waals surface area contributed by atoms with Gasteiger partial charge in [-0.25, -0.2) is 9.13 Å². The Morgan fingerprint density at radius 3 is 0.701 bits per heavy atom. The van der Waals surface area contributed by atoms with Crippen molar-refractivity contribution in [2.75, 3.05) is 39.6 Å². The van der Waals surface area contributed by atoms with E-state index < -0.39 is 97.5 Å². The number of aliphatic hydroxyl groups excluding tert-OH is 1. The summed E-state index contributed by atoms with van der Waals surface area (Å²) in [7, 11) is -9.91. The molecule has 0 saturated carbocycles. The summed E-state index contributed by atoms with van der Waals surface area (Å²) in [6.45, 7) is 9.63. The zero-order valence-corrected chi connectivity index (χ0v) is 65.2. The highest BCUT2D eigenvalue weighted by molar-refractivity contribution is 7.47. The Morgan fingerprint density at radius 2 is 0.474 bits per heavy atom. The molecule has 19 heteroatoms. The maximum absolute atomic E-state index is 13.1. The van der Waals surface area contributed by atoms with Gasteiger partial charge >= 0.3 is 39.5 Å². The van der Waals surface area contributed by atoms with Crippen LogP contribution >= 0.6 is 15.6 Å². The third-order valence-electron chi connectivity index (χ3n) is 18.2. The Labute approximate surface area is 594 Å². The fourth-order valence-corrected chi connectivity index (χ4v) is 13.6. The summed E-state index contributed by atoms with van der Waals surface area (Å²) in [5.74, 6) is -0.534. The predicted octanol–water partition coefficient (Wildman–Crippen LogP) is 23.1. The van der Waals surface area contributed by atoms with Crippen LogP contribution in [0.2, 0.25) is 0 Å². The van der Waals surface area contributed by atoms with E-state index in [1.54, 1.807) is 0 Å². The number of carbonyl (C=O) groups excluding carboxylic acids is 4. The van der Waals surface area contributed by atoms with Crippen LogP contribution in [0.5, 0.6) is 0 Å². The summed E-state index contributed by atoms with van der Waals surface area (Å²) >= 11 is 0. The number of aliphatic hydroxyl groups is 1. The molecule has 3 N–H and O–H groups in total. The van der Waals surface area contributed by atoms with Gasteiger partial charge in [0.05, 0.1) is 26.4 Å². The van der Waals surface area contributed by atoms with Crippen LogP contribution in [0.15, 0.2) is 0 Å². The largest absolute Gasteiger partial charge is 0.472 e. The van der Waals surface area contributed by atoms with Crippen LogP contribution < -0.4 is 0 Å². The topological polar surface area (TPSA) is 237 Å². The molecule has 0 aliphatic carbocycles. The van der Waals surface area contributed by atoms with Gasteiger partial charge in [0.1, 0.15) is 19.3 Å². The molecule has 0 spiro atoms. The molecule has 0 rings (SSSR count). The van der Waals surface area contributed by atoms with Crippen molar-refractivity contribution < 1.29 is 80.2 Å². The molecule has 0 saturated heterocycles. The van der Waals surface area contributed by atoms with Gasteiger partial charge in [-0.15, -0.1) is 0 Å². The van der Waals surface area contributed by atoms with E-state index in [4.69, 9.17) is 37.0 Å². The number of hydrogen-bond donors (Lipinski definition) is 3. The summed E-state index contributed by atoms with van der Waals surface area (Å²) in [4.78, 5) is 72.8.